The molecule has 0 radical (unpaired) electrons. The Morgan fingerprint density at radius 2 is 2.11 bits per heavy atom. The Labute approximate surface area is 121 Å². The first-order chi connectivity index (χ1) is 8.72. The van der Waals surface area contributed by atoms with Gasteiger partial charge in [0.15, 0.2) is 11.5 Å². The van der Waals surface area contributed by atoms with E-state index >= 15 is 0 Å². The monoisotopic (exact) mass is 363 g/mol. The van der Waals surface area contributed by atoms with Gasteiger partial charge >= 0.3 is 0 Å². The van der Waals surface area contributed by atoms with Gasteiger partial charge in [0.25, 0.3) is 0 Å². The summed E-state index contributed by atoms with van der Waals surface area (Å²) in [6.45, 7) is 5.30. The summed E-state index contributed by atoms with van der Waals surface area (Å²) < 4.78 is 12.3. The predicted molar refractivity (Wildman–Crippen MR) is 80.1 cm³/mol. The van der Waals surface area contributed by atoms with Crippen molar-refractivity contribution >= 4 is 28.8 Å². The maximum atomic E-state index is 8.57. The minimum atomic E-state index is 0.569. The quantitative estimate of drug-likeness (QED) is 0.264. The van der Waals surface area contributed by atoms with Crippen LogP contribution in [-0.2, 0) is 0 Å². The molecular weight excluding hydrogens is 345 g/mol. The first-order valence-corrected chi connectivity index (χ1v) is 7.07. The first-order valence-electron chi connectivity index (χ1n) is 5.99. The van der Waals surface area contributed by atoms with E-state index in [1.54, 1.807) is 0 Å². The minimum Gasteiger partial charge on any atom is -0.490 e. The van der Waals surface area contributed by atoms with Crippen molar-refractivity contribution in [2.75, 3.05) is 13.2 Å². The van der Waals surface area contributed by atoms with Crippen molar-refractivity contribution in [3.05, 3.63) is 21.3 Å². The molecule has 0 atom stereocenters. The topological polar surface area (TPSA) is 51.0 Å². The van der Waals surface area contributed by atoms with Crippen LogP contribution in [-0.4, -0.2) is 24.6 Å². The third kappa shape index (κ3) is 4.36. The molecule has 0 aliphatic heterocycles. The summed E-state index contributed by atoms with van der Waals surface area (Å²) in [5.74, 6) is 1.45. The fraction of sp³-hybridized carbons (Fsp3) is 0.462. The van der Waals surface area contributed by atoms with Crippen LogP contribution in [0.25, 0.3) is 0 Å². The van der Waals surface area contributed by atoms with Crippen molar-refractivity contribution in [3.8, 4) is 11.5 Å². The highest BCUT2D eigenvalue weighted by Crippen LogP contribution is 2.34. The molecule has 0 fully saturated rings. The number of nitrogens with zero attached hydrogens (tertiary/aromatic N) is 1. The maximum Gasteiger partial charge on any atom is 0.174 e. The van der Waals surface area contributed by atoms with E-state index in [2.05, 4.69) is 34.7 Å². The Morgan fingerprint density at radius 1 is 1.33 bits per heavy atom. The molecule has 0 unspecified atom stereocenters. The highest BCUT2D eigenvalue weighted by Gasteiger charge is 2.11. The number of rotatable bonds is 7. The van der Waals surface area contributed by atoms with E-state index in [1.165, 1.54) is 6.21 Å². The lowest BCUT2D eigenvalue weighted by Gasteiger charge is -2.14. The molecule has 1 aromatic carbocycles. The van der Waals surface area contributed by atoms with Crippen LogP contribution >= 0.6 is 22.6 Å². The Balaban J connectivity index is 2.98. The van der Waals surface area contributed by atoms with Crippen LogP contribution in [0.15, 0.2) is 17.3 Å². The first kappa shape index (κ1) is 15.1. The van der Waals surface area contributed by atoms with Gasteiger partial charge < -0.3 is 14.7 Å². The smallest absolute Gasteiger partial charge is 0.174 e. The van der Waals surface area contributed by atoms with Crippen molar-refractivity contribution in [2.24, 2.45) is 5.16 Å². The molecule has 0 saturated carbocycles. The van der Waals surface area contributed by atoms with Crippen molar-refractivity contribution in [1.82, 2.24) is 0 Å². The molecule has 0 spiro atoms. The SMILES string of the molecule is CCCCOc1c(I)cc(C=NO)cc1OCC. The number of oxime groups is 1. The van der Waals surface area contributed by atoms with Gasteiger partial charge in [-0.2, -0.15) is 0 Å². The van der Waals surface area contributed by atoms with Crippen LogP contribution in [0.4, 0.5) is 0 Å². The van der Waals surface area contributed by atoms with Gasteiger partial charge in [-0.1, -0.05) is 18.5 Å². The largest absolute Gasteiger partial charge is 0.490 e. The summed E-state index contributed by atoms with van der Waals surface area (Å²) in [7, 11) is 0. The molecule has 1 aromatic rings. The molecule has 1 N–H and O–H groups in total. The van der Waals surface area contributed by atoms with Gasteiger partial charge in [0.05, 0.1) is 23.0 Å². The van der Waals surface area contributed by atoms with Crippen molar-refractivity contribution in [1.29, 1.82) is 0 Å². The number of hydrogen-bond donors (Lipinski definition) is 1. The molecule has 0 aromatic heterocycles. The van der Waals surface area contributed by atoms with Gasteiger partial charge in [0.1, 0.15) is 0 Å². The summed E-state index contributed by atoms with van der Waals surface area (Å²) in [4.78, 5) is 0. The third-order valence-corrected chi connectivity index (χ3v) is 3.08. The summed E-state index contributed by atoms with van der Waals surface area (Å²) in [5.41, 5.74) is 0.785. The molecule has 0 amide bonds. The van der Waals surface area contributed by atoms with Crippen LogP contribution in [0.1, 0.15) is 32.3 Å². The molecule has 1 rings (SSSR count). The molecule has 100 valence electrons. The molecule has 5 heteroatoms. The third-order valence-electron chi connectivity index (χ3n) is 2.28. The van der Waals surface area contributed by atoms with Gasteiger partial charge in [0.2, 0.25) is 0 Å². The number of halogens is 1. The lowest BCUT2D eigenvalue weighted by atomic mass is 10.2. The van der Waals surface area contributed by atoms with E-state index in [9.17, 15) is 0 Å². The van der Waals surface area contributed by atoms with Crippen LogP contribution in [0, 0.1) is 3.57 Å². The molecule has 0 aliphatic carbocycles. The van der Waals surface area contributed by atoms with Crippen molar-refractivity contribution in [3.63, 3.8) is 0 Å². The Morgan fingerprint density at radius 3 is 2.72 bits per heavy atom. The molecule has 0 bridgehead atoms. The zero-order valence-electron chi connectivity index (χ0n) is 10.6. The van der Waals surface area contributed by atoms with Gasteiger partial charge in [-0.25, -0.2) is 0 Å². The van der Waals surface area contributed by atoms with Gasteiger partial charge in [-0.05, 0) is 48.1 Å². The second-order valence-electron chi connectivity index (χ2n) is 3.71. The van der Waals surface area contributed by atoms with E-state index in [1.807, 2.05) is 19.1 Å². The lowest BCUT2D eigenvalue weighted by Crippen LogP contribution is -2.03. The predicted octanol–water partition coefficient (Wildman–Crippen LogP) is 3.68. The summed E-state index contributed by atoms with van der Waals surface area (Å²) in [6, 6.07) is 3.71. The standard InChI is InChI=1S/C13H18INO3/c1-3-5-6-18-13-11(14)7-10(9-15-16)8-12(13)17-4-2/h7-9,16H,3-6H2,1-2H3. The van der Waals surface area contributed by atoms with Gasteiger partial charge in [-0.15, -0.1) is 0 Å². The van der Waals surface area contributed by atoms with Crippen LogP contribution in [0.2, 0.25) is 0 Å². The fourth-order valence-electron chi connectivity index (χ4n) is 1.45. The van der Waals surface area contributed by atoms with Crippen LogP contribution < -0.4 is 9.47 Å². The number of ether oxygens (including phenoxy) is 2. The number of benzene rings is 1. The fourth-order valence-corrected chi connectivity index (χ4v) is 2.23. The van der Waals surface area contributed by atoms with E-state index < -0.39 is 0 Å². The average molecular weight is 363 g/mol. The molecule has 4 nitrogen and oxygen atoms in total. The highest BCUT2D eigenvalue weighted by molar-refractivity contribution is 14.1. The van der Waals surface area contributed by atoms with Crippen LogP contribution in [0.5, 0.6) is 11.5 Å². The van der Waals surface area contributed by atoms with E-state index in [0.29, 0.717) is 19.0 Å². The Kier molecular flexibility index (Phi) is 6.85. The average Bonchev–Trinajstić information content (AvgIpc) is 2.33. The summed E-state index contributed by atoms with van der Waals surface area (Å²) in [6.07, 6.45) is 3.48. The molecule has 0 heterocycles. The second kappa shape index (κ2) is 8.18. The number of unbranched alkanes of at least 4 members (excludes halogenated alkanes) is 1. The highest BCUT2D eigenvalue weighted by atomic mass is 127. The Bertz CT molecular complexity index is 407. The van der Waals surface area contributed by atoms with Crippen LogP contribution in [0.3, 0.4) is 0 Å². The summed E-state index contributed by atoms with van der Waals surface area (Å²) >= 11 is 2.19. The zero-order chi connectivity index (χ0) is 13.4. The second-order valence-corrected chi connectivity index (χ2v) is 4.87. The molecule has 0 aliphatic rings. The minimum absolute atomic E-state index is 0.569. The van der Waals surface area contributed by atoms with E-state index in [-0.39, 0.29) is 0 Å². The number of hydrogen-bond acceptors (Lipinski definition) is 4. The van der Waals surface area contributed by atoms with E-state index in [0.717, 1.165) is 27.7 Å². The van der Waals surface area contributed by atoms with Crippen molar-refractivity contribution in [2.45, 2.75) is 26.7 Å². The van der Waals surface area contributed by atoms with Crippen molar-refractivity contribution < 1.29 is 14.7 Å². The Hall–Kier alpha value is -0.980. The summed E-state index contributed by atoms with van der Waals surface area (Å²) in [5, 5.41) is 11.6. The molecule has 18 heavy (non-hydrogen) atoms. The van der Waals surface area contributed by atoms with E-state index in [4.69, 9.17) is 14.7 Å². The molecular formula is C13H18INO3. The van der Waals surface area contributed by atoms with Gasteiger partial charge in [0, 0.05) is 5.56 Å². The maximum absolute atomic E-state index is 8.57. The van der Waals surface area contributed by atoms with Gasteiger partial charge in [-0.3, -0.25) is 0 Å². The zero-order valence-corrected chi connectivity index (χ0v) is 12.8. The normalized spacial score (nSPS) is 10.8. The molecule has 0 saturated heterocycles. The lowest BCUT2D eigenvalue weighted by molar-refractivity contribution is 0.271.